The minimum absolute atomic E-state index is 0.0694. The van der Waals surface area contributed by atoms with Gasteiger partial charge in [0.1, 0.15) is 10.1 Å². The Morgan fingerprint density at radius 3 is 2.11 bits per heavy atom. The number of aromatic nitrogens is 2. The van der Waals surface area contributed by atoms with Crippen molar-refractivity contribution >= 4 is 28.8 Å². The predicted molar refractivity (Wildman–Crippen MR) is 146 cm³/mol. The van der Waals surface area contributed by atoms with Gasteiger partial charge in [0.05, 0.1) is 30.0 Å². The summed E-state index contributed by atoms with van der Waals surface area (Å²) in [4.78, 5) is -0.396. The molecule has 38 heavy (non-hydrogen) atoms. The van der Waals surface area contributed by atoms with Crippen LogP contribution in [0.25, 0.3) is 0 Å². The highest BCUT2D eigenvalue weighted by molar-refractivity contribution is 7.85. The quantitative estimate of drug-likeness (QED) is 0.114. The van der Waals surface area contributed by atoms with Gasteiger partial charge in [0, 0.05) is 5.56 Å². The molecule has 4 rings (SSSR count). The molecule has 9 nitrogen and oxygen atoms in total. The Morgan fingerprint density at radius 2 is 1.50 bits per heavy atom. The maximum Gasteiger partial charge on any atom is 0.307 e. The van der Waals surface area contributed by atoms with E-state index >= 15 is 0 Å². The second kappa shape index (κ2) is 14.4. The molecule has 0 atom stereocenters. The molecule has 0 aliphatic heterocycles. The first-order valence-electron chi connectivity index (χ1n) is 12.0. The van der Waals surface area contributed by atoms with Crippen LogP contribution in [0.15, 0.2) is 118 Å². The van der Waals surface area contributed by atoms with Crippen LogP contribution >= 0.6 is 0 Å². The molecule has 1 aromatic heterocycles. The van der Waals surface area contributed by atoms with Gasteiger partial charge >= 0.3 is 5.82 Å². The Labute approximate surface area is 222 Å². The zero-order valence-corrected chi connectivity index (χ0v) is 21.7. The van der Waals surface area contributed by atoms with Crippen LogP contribution < -0.4 is 4.68 Å². The summed E-state index contributed by atoms with van der Waals surface area (Å²) in [6.45, 7) is 2.19. The van der Waals surface area contributed by atoms with Gasteiger partial charge in [-0.1, -0.05) is 108 Å². The molecule has 196 valence electrons. The van der Waals surface area contributed by atoms with Crippen LogP contribution in [0.3, 0.4) is 0 Å². The van der Waals surface area contributed by atoms with Crippen LogP contribution in [0.4, 0.5) is 0 Å². The third-order valence-corrected chi connectivity index (χ3v) is 6.19. The summed E-state index contributed by atoms with van der Waals surface area (Å²) in [6, 6.07) is 25.7. The van der Waals surface area contributed by atoms with E-state index in [4.69, 9.17) is 5.21 Å². The summed E-state index contributed by atoms with van der Waals surface area (Å²) in [5.41, 5.74) is 2.23. The van der Waals surface area contributed by atoms with Gasteiger partial charge in [0.2, 0.25) is 0 Å². The highest BCUT2D eigenvalue weighted by Crippen LogP contribution is 2.12. The molecule has 0 aliphatic rings. The molecule has 1 N–H and O–H groups in total. The Kier molecular flexibility index (Phi) is 10.6. The lowest BCUT2D eigenvalue weighted by Crippen LogP contribution is -2.31. The second-order valence-electron chi connectivity index (χ2n) is 8.05. The van der Waals surface area contributed by atoms with E-state index in [9.17, 15) is 13.0 Å². The van der Waals surface area contributed by atoms with Gasteiger partial charge in [-0.15, -0.1) is 9.35 Å². The molecular weight excluding hydrogens is 502 g/mol. The van der Waals surface area contributed by atoms with E-state index in [-0.39, 0.29) is 5.56 Å². The molecule has 4 aromatic rings. The van der Waals surface area contributed by atoms with Gasteiger partial charge in [-0.2, -0.15) is 0 Å². The minimum atomic E-state index is -4.51. The first-order chi connectivity index (χ1) is 18.4. The zero-order valence-electron chi connectivity index (χ0n) is 20.9. The molecular formula is C28H29N5O4S. The molecule has 0 saturated heterocycles. The number of benzene rings is 3. The number of imidazole rings is 1. The van der Waals surface area contributed by atoms with E-state index < -0.39 is 15.0 Å². The van der Waals surface area contributed by atoms with Crippen LogP contribution in [0.2, 0.25) is 0 Å². The lowest BCUT2D eigenvalue weighted by molar-refractivity contribution is -0.685. The molecule has 0 fully saturated rings. The molecule has 3 aromatic carbocycles. The van der Waals surface area contributed by atoms with Gasteiger partial charge in [0.15, 0.2) is 12.4 Å². The second-order valence-corrected chi connectivity index (χ2v) is 9.40. The average molecular weight is 532 g/mol. The Balaban J connectivity index is 0.000000260. The summed E-state index contributed by atoms with van der Waals surface area (Å²) in [7, 11) is -4.51. The molecule has 10 heteroatoms. The van der Waals surface area contributed by atoms with Crippen molar-refractivity contribution < 1.29 is 22.9 Å². The smallest absolute Gasteiger partial charge is 0.307 e. The number of hydrogen-bond donors (Lipinski definition) is 1. The van der Waals surface area contributed by atoms with Gasteiger partial charge in [-0.3, -0.25) is 0 Å². The molecule has 0 radical (unpaired) electrons. The maximum atomic E-state index is 10.6. The van der Waals surface area contributed by atoms with Gasteiger partial charge in [0.25, 0.3) is 0 Å². The van der Waals surface area contributed by atoms with Gasteiger partial charge in [-0.05, 0) is 23.6 Å². The molecule has 0 saturated carbocycles. The van der Waals surface area contributed by atoms with Crippen molar-refractivity contribution in [2.45, 2.75) is 31.1 Å². The number of unbranched alkanes of at least 4 members (excludes halogenated alkanes) is 1. The highest BCUT2D eigenvalue weighted by atomic mass is 32.2. The van der Waals surface area contributed by atoms with Crippen LogP contribution in [0.5, 0.6) is 0 Å². The van der Waals surface area contributed by atoms with Crippen LogP contribution in [-0.4, -0.2) is 41.5 Å². The minimum Gasteiger partial charge on any atom is -0.744 e. The van der Waals surface area contributed by atoms with Gasteiger partial charge in [-0.25, -0.2) is 8.42 Å². The molecule has 0 spiro atoms. The average Bonchev–Trinajstić information content (AvgIpc) is 3.32. The summed E-state index contributed by atoms with van der Waals surface area (Å²) < 4.78 is 35.7. The summed E-state index contributed by atoms with van der Waals surface area (Å²) in [5, 5.41) is 20.0. The number of nitrogens with zero attached hydrogens (tertiary/aromatic N) is 5. The fraction of sp³-hybridized carbons (Fsp3) is 0.143. The first kappa shape index (κ1) is 28.2. The lowest BCUT2D eigenvalue weighted by atomic mass is 10.2. The normalized spacial score (nSPS) is 11.7. The molecule has 0 amide bonds. The first-order valence-corrected chi connectivity index (χ1v) is 13.4. The zero-order chi connectivity index (χ0) is 27.2. The lowest BCUT2D eigenvalue weighted by Gasteiger charge is -2.08. The van der Waals surface area contributed by atoms with Crippen molar-refractivity contribution in [2.75, 3.05) is 0 Å². The molecule has 0 aliphatic carbocycles. The SMILES string of the molecule is CCCCc1n(N=Cc2ccccc2)cc[n+]1N=Cc1ccccc1.O=S(=O)([O-])c1ccccc1C=NO. The third kappa shape index (κ3) is 8.61. The van der Waals surface area contributed by atoms with E-state index in [1.165, 1.54) is 18.2 Å². The van der Waals surface area contributed by atoms with Gasteiger partial charge < -0.3 is 9.76 Å². The largest absolute Gasteiger partial charge is 0.744 e. The maximum absolute atomic E-state index is 10.6. The van der Waals surface area contributed by atoms with Crippen molar-refractivity contribution in [3.05, 3.63) is 120 Å². The van der Waals surface area contributed by atoms with Crippen molar-refractivity contribution in [3.8, 4) is 0 Å². The number of rotatable bonds is 9. The van der Waals surface area contributed by atoms with E-state index in [1.54, 1.807) is 0 Å². The van der Waals surface area contributed by atoms with E-state index in [1.807, 2.05) is 94.8 Å². The van der Waals surface area contributed by atoms with Crippen molar-refractivity contribution in [1.29, 1.82) is 0 Å². The Hall–Kier alpha value is -4.41. The Morgan fingerprint density at radius 1 is 0.895 bits per heavy atom. The Bertz CT molecular complexity index is 1420. The summed E-state index contributed by atoms with van der Waals surface area (Å²) in [5.74, 6) is 1.07. The standard InChI is InChI=1S/C21H23N4.C7H7NO4S/c1-2-3-14-21-24(22-17-19-10-6-4-7-11-19)15-16-25(21)23-18-20-12-8-5-9-13-20;9-8-5-6-3-1-2-4-7(6)13(10,11)12/h4-13,15-18H,2-3,14H2,1H3;1-5,9H,(H,10,11,12)/q+1;/p-1. The fourth-order valence-corrected chi connectivity index (χ4v) is 4.05. The van der Waals surface area contributed by atoms with Crippen molar-refractivity contribution in [2.24, 2.45) is 15.4 Å². The molecule has 0 bridgehead atoms. The topological polar surface area (TPSA) is 123 Å². The molecule has 1 heterocycles. The highest BCUT2D eigenvalue weighted by Gasteiger charge is 2.16. The third-order valence-electron chi connectivity index (χ3n) is 5.28. The van der Waals surface area contributed by atoms with Crippen LogP contribution in [-0.2, 0) is 16.5 Å². The van der Waals surface area contributed by atoms with Crippen LogP contribution in [0, 0.1) is 0 Å². The van der Waals surface area contributed by atoms with Crippen molar-refractivity contribution in [1.82, 2.24) is 4.68 Å². The molecule has 0 unspecified atom stereocenters. The van der Waals surface area contributed by atoms with Crippen molar-refractivity contribution in [3.63, 3.8) is 0 Å². The summed E-state index contributed by atoms with van der Waals surface area (Å²) in [6.07, 6.45) is 11.7. The van der Waals surface area contributed by atoms with E-state index in [2.05, 4.69) is 22.3 Å². The number of oxime groups is 1. The fourth-order valence-electron chi connectivity index (χ4n) is 3.39. The number of hydrogen-bond acceptors (Lipinski definition) is 7. The predicted octanol–water partition coefficient (Wildman–Crippen LogP) is 4.28. The van der Waals surface area contributed by atoms with Crippen LogP contribution in [0.1, 0.15) is 42.3 Å². The summed E-state index contributed by atoms with van der Waals surface area (Å²) >= 11 is 0. The van der Waals surface area contributed by atoms with E-state index in [0.717, 1.165) is 48.5 Å². The van der Waals surface area contributed by atoms with E-state index in [0.29, 0.717) is 0 Å². The monoisotopic (exact) mass is 531 g/mol.